The number of rotatable bonds is 6. The Balaban J connectivity index is 0.00000264. The van der Waals surface area contributed by atoms with Crippen LogP contribution in [0, 0.1) is 10.1 Å². The zero-order valence-electron chi connectivity index (χ0n) is 13.1. The van der Waals surface area contributed by atoms with Crippen LogP contribution in [0.25, 0.3) is 0 Å². The Morgan fingerprint density at radius 3 is 2.48 bits per heavy atom. The highest BCUT2D eigenvalue weighted by atomic mass is 35.5. The Bertz CT molecular complexity index is 516. The number of likely N-dealkylation sites (tertiary alicyclic amines) is 1. The maximum absolute atomic E-state index is 11.9. The molecule has 0 atom stereocenters. The summed E-state index contributed by atoms with van der Waals surface area (Å²) in [6, 6.07) is 6.10. The van der Waals surface area contributed by atoms with Crippen molar-refractivity contribution in [2.75, 3.05) is 26.7 Å². The third-order valence-corrected chi connectivity index (χ3v) is 3.73. The highest BCUT2D eigenvalue weighted by molar-refractivity contribution is 5.85. The third-order valence-electron chi connectivity index (χ3n) is 3.73. The first kappa shape index (κ1) is 19.2. The molecule has 0 saturated carbocycles. The fourth-order valence-corrected chi connectivity index (χ4v) is 2.45. The van der Waals surface area contributed by atoms with Gasteiger partial charge in [0, 0.05) is 51.0 Å². The molecule has 0 aromatic heterocycles. The minimum absolute atomic E-state index is 0. The molecule has 0 spiro atoms. The summed E-state index contributed by atoms with van der Waals surface area (Å²) in [6.07, 6.45) is 2.13. The summed E-state index contributed by atoms with van der Waals surface area (Å²) in [4.78, 5) is 23.9. The molecule has 1 amide bonds. The molecule has 1 saturated heterocycles. The van der Waals surface area contributed by atoms with E-state index in [1.165, 1.54) is 12.1 Å². The van der Waals surface area contributed by atoms with Gasteiger partial charge in [-0.05, 0) is 19.2 Å². The fraction of sp³-hybridized carbons (Fsp3) is 0.533. The highest BCUT2D eigenvalue weighted by Gasteiger charge is 2.23. The summed E-state index contributed by atoms with van der Waals surface area (Å²) in [6.45, 7) is 2.08. The molecular weight excluding hydrogens is 322 g/mol. The maximum Gasteiger partial charge on any atom is 0.269 e. The van der Waals surface area contributed by atoms with Gasteiger partial charge < -0.3 is 15.0 Å². The zero-order valence-corrected chi connectivity index (χ0v) is 13.9. The van der Waals surface area contributed by atoms with Crippen LogP contribution in [-0.2, 0) is 4.79 Å². The lowest BCUT2D eigenvalue weighted by molar-refractivity contribution is -0.384. The average molecular weight is 344 g/mol. The van der Waals surface area contributed by atoms with Crippen LogP contribution < -0.4 is 10.1 Å². The van der Waals surface area contributed by atoms with Gasteiger partial charge >= 0.3 is 0 Å². The van der Waals surface area contributed by atoms with Crippen LogP contribution in [0.15, 0.2) is 24.3 Å². The second-order valence-corrected chi connectivity index (χ2v) is 5.30. The third kappa shape index (κ3) is 5.69. The van der Waals surface area contributed by atoms with E-state index in [1.807, 2.05) is 11.9 Å². The molecule has 1 aromatic rings. The number of halogens is 1. The van der Waals surface area contributed by atoms with Crippen molar-refractivity contribution in [2.24, 2.45) is 0 Å². The summed E-state index contributed by atoms with van der Waals surface area (Å²) in [5.41, 5.74) is 0.0531. The molecule has 1 aliphatic rings. The van der Waals surface area contributed by atoms with Crippen LogP contribution in [0.1, 0.15) is 19.3 Å². The van der Waals surface area contributed by atoms with Crippen molar-refractivity contribution in [2.45, 2.75) is 25.4 Å². The van der Waals surface area contributed by atoms with Crippen LogP contribution in [0.2, 0.25) is 0 Å². The molecule has 128 valence electrons. The van der Waals surface area contributed by atoms with Gasteiger partial charge in [-0.1, -0.05) is 0 Å². The van der Waals surface area contributed by atoms with Crippen LogP contribution in [0.4, 0.5) is 5.69 Å². The Morgan fingerprint density at radius 2 is 1.96 bits per heavy atom. The number of carbonyl (C=O) groups excluding carboxylic acids is 1. The molecule has 23 heavy (non-hydrogen) atoms. The standard InChI is InChI=1S/C15H21N3O4.ClH/c1-16-9-6-15(19)17-10-7-14(8-11-17)22-13-4-2-12(3-5-13)18(20)21;/h2-5,14,16H,6-11H2,1H3;1H. The van der Waals surface area contributed by atoms with Gasteiger partial charge in [0.2, 0.25) is 5.91 Å². The number of hydrogen-bond donors (Lipinski definition) is 1. The molecule has 7 nitrogen and oxygen atoms in total. The predicted molar refractivity (Wildman–Crippen MR) is 89.1 cm³/mol. The molecule has 1 N–H and O–H groups in total. The van der Waals surface area contributed by atoms with Gasteiger partial charge in [-0.2, -0.15) is 0 Å². The summed E-state index contributed by atoms with van der Waals surface area (Å²) in [7, 11) is 1.83. The van der Waals surface area contributed by atoms with E-state index in [9.17, 15) is 14.9 Å². The molecular formula is C15H22ClN3O4. The van der Waals surface area contributed by atoms with Gasteiger partial charge in [0.25, 0.3) is 5.69 Å². The Morgan fingerprint density at radius 1 is 1.35 bits per heavy atom. The topological polar surface area (TPSA) is 84.7 Å². The van der Waals surface area contributed by atoms with Crippen molar-refractivity contribution in [3.63, 3.8) is 0 Å². The largest absolute Gasteiger partial charge is 0.490 e. The van der Waals surface area contributed by atoms with Gasteiger partial charge in [0.05, 0.1) is 4.92 Å². The molecule has 1 heterocycles. The van der Waals surface area contributed by atoms with E-state index in [-0.39, 0.29) is 30.1 Å². The van der Waals surface area contributed by atoms with Crippen LogP contribution in [0.3, 0.4) is 0 Å². The number of hydrogen-bond acceptors (Lipinski definition) is 5. The number of carbonyl (C=O) groups is 1. The Hall–Kier alpha value is -1.86. The summed E-state index contributed by atoms with van der Waals surface area (Å²) >= 11 is 0. The van der Waals surface area contributed by atoms with Gasteiger partial charge in [-0.15, -0.1) is 12.4 Å². The van der Waals surface area contributed by atoms with E-state index >= 15 is 0 Å². The Labute approximate surface area is 141 Å². The smallest absolute Gasteiger partial charge is 0.269 e. The van der Waals surface area contributed by atoms with Crippen LogP contribution >= 0.6 is 12.4 Å². The molecule has 0 unspecified atom stereocenters. The minimum Gasteiger partial charge on any atom is -0.490 e. The maximum atomic E-state index is 11.9. The lowest BCUT2D eigenvalue weighted by Crippen LogP contribution is -2.42. The molecule has 2 rings (SSSR count). The molecule has 8 heteroatoms. The van der Waals surface area contributed by atoms with E-state index in [1.54, 1.807) is 12.1 Å². The van der Waals surface area contributed by atoms with E-state index in [4.69, 9.17) is 4.74 Å². The average Bonchev–Trinajstić information content (AvgIpc) is 2.54. The highest BCUT2D eigenvalue weighted by Crippen LogP contribution is 2.22. The number of nitrogens with zero attached hydrogens (tertiary/aromatic N) is 2. The molecule has 1 aliphatic heterocycles. The number of nitrogens with one attached hydrogen (secondary N) is 1. The minimum atomic E-state index is -0.432. The number of benzene rings is 1. The summed E-state index contributed by atoms with van der Waals surface area (Å²) in [5.74, 6) is 0.800. The van der Waals surface area contributed by atoms with Crippen molar-refractivity contribution < 1.29 is 14.5 Å². The van der Waals surface area contributed by atoms with Gasteiger partial charge in [-0.3, -0.25) is 14.9 Å². The number of ether oxygens (including phenoxy) is 1. The number of amides is 1. The number of nitro groups is 1. The molecule has 0 aliphatic carbocycles. The van der Waals surface area contributed by atoms with Gasteiger partial charge in [0.15, 0.2) is 0 Å². The lowest BCUT2D eigenvalue weighted by Gasteiger charge is -2.32. The number of nitro benzene ring substituents is 1. The normalized spacial score (nSPS) is 14.9. The van der Waals surface area contributed by atoms with E-state index < -0.39 is 4.92 Å². The molecule has 0 bridgehead atoms. The first-order valence-electron chi connectivity index (χ1n) is 7.43. The molecule has 1 fully saturated rings. The van der Waals surface area contributed by atoms with Crippen molar-refractivity contribution in [1.82, 2.24) is 10.2 Å². The van der Waals surface area contributed by atoms with Gasteiger partial charge in [0.1, 0.15) is 11.9 Å². The van der Waals surface area contributed by atoms with Crippen LogP contribution in [-0.4, -0.2) is 48.5 Å². The quantitative estimate of drug-likeness (QED) is 0.630. The predicted octanol–water partition coefficient (Wildman–Crippen LogP) is 2.00. The van der Waals surface area contributed by atoms with E-state index in [0.29, 0.717) is 31.8 Å². The molecule has 1 aromatic carbocycles. The van der Waals surface area contributed by atoms with Crippen molar-refractivity contribution >= 4 is 24.0 Å². The van der Waals surface area contributed by atoms with Crippen LogP contribution in [0.5, 0.6) is 5.75 Å². The zero-order chi connectivity index (χ0) is 15.9. The van der Waals surface area contributed by atoms with E-state index in [2.05, 4.69) is 5.32 Å². The number of piperidine rings is 1. The number of non-ortho nitro benzene ring substituents is 1. The first-order valence-corrected chi connectivity index (χ1v) is 7.43. The van der Waals surface area contributed by atoms with Crippen molar-refractivity contribution in [3.05, 3.63) is 34.4 Å². The van der Waals surface area contributed by atoms with E-state index in [0.717, 1.165) is 12.8 Å². The second kappa shape index (κ2) is 9.32. The lowest BCUT2D eigenvalue weighted by atomic mass is 10.1. The SMILES string of the molecule is CNCCC(=O)N1CCC(Oc2ccc([N+](=O)[O-])cc2)CC1.Cl. The Kier molecular flexibility index (Phi) is 7.77. The van der Waals surface area contributed by atoms with Crippen molar-refractivity contribution in [1.29, 1.82) is 0 Å². The van der Waals surface area contributed by atoms with Crippen molar-refractivity contribution in [3.8, 4) is 5.75 Å². The monoisotopic (exact) mass is 343 g/mol. The summed E-state index contributed by atoms with van der Waals surface area (Å²) < 4.78 is 5.83. The van der Waals surface area contributed by atoms with Gasteiger partial charge in [-0.25, -0.2) is 0 Å². The second-order valence-electron chi connectivity index (χ2n) is 5.30. The first-order chi connectivity index (χ1) is 10.6. The fourth-order valence-electron chi connectivity index (χ4n) is 2.45. The molecule has 0 radical (unpaired) electrons. The summed E-state index contributed by atoms with van der Waals surface area (Å²) in [5, 5.41) is 13.6.